The highest BCUT2D eigenvalue weighted by Crippen LogP contribution is 2.25. The zero-order chi connectivity index (χ0) is 12.4. The Morgan fingerprint density at radius 3 is 1.93 bits per heavy atom. The molecule has 0 saturated heterocycles. The summed E-state index contributed by atoms with van der Waals surface area (Å²) in [6.45, 7) is 2.47. The highest BCUT2D eigenvalue weighted by molar-refractivity contribution is 5.89. The number of likely N-dealkylation sites (N-methyl/N-ethyl adjacent to an activating group) is 1. The number of rotatable bonds is 3. The lowest BCUT2D eigenvalue weighted by Crippen LogP contribution is -2.56. The Bertz CT molecular complexity index is 277. The lowest BCUT2D eigenvalue weighted by molar-refractivity contribution is -0.192. The zero-order valence-corrected chi connectivity index (χ0v) is 8.55. The molecule has 0 heterocycles. The number of alkyl halides is 3. The van der Waals surface area contributed by atoms with Crippen LogP contribution in [-0.2, 0) is 9.59 Å². The molecule has 0 saturated carbocycles. The number of carboxylic acid groups (broad SMARTS) is 1. The molecule has 0 aliphatic heterocycles. The molecule has 0 bridgehead atoms. The molecule has 15 heavy (non-hydrogen) atoms. The van der Waals surface area contributed by atoms with Gasteiger partial charge in [0.05, 0.1) is 0 Å². The van der Waals surface area contributed by atoms with E-state index < -0.39 is 23.6 Å². The average Bonchev–Trinajstić information content (AvgIpc) is 2.12. The van der Waals surface area contributed by atoms with Gasteiger partial charge in [0, 0.05) is 7.05 Å². The van der Waals surface area contributed by atoms with Gasteiger partial charge in [-0.25, -0.2) is 4.79 Å². The number of nitrogens with zero attached hydrogens (tertiary/aromatic N) is 1. The molecule has 0 spiro atoms. The minimum absolute atomic E-state index is 0.110. The summed E-state index contributed by atoms with van der Waals surface area (Å²) in [5, 5.41) is 8.76. The first-order valence-corrected chi connectivity index (χ1v) is 4.15. The highest BCUT2D eigenvalue weighted by atomic mass is 19.4. The molecule has 0 radical (unpaired) electrons. The van der Waals surface area contributed by atoms with Gasteiger partial charge in [0.1, 0.15) is 5.54 Å². The molecular formula is C8H12F3NO3. The van der Waals surface area contributed by atoms with Crippen LogP contribution in [0.4, 0.5) is 13.2 Å². The predicted octanol–water partition coefficient (Wildman–Crippen LogP) is 1.26. The fraction of sp³-hybridized carbons (Fsp3) is 0.750. The summed E-state index contributed by atoms with van der Waals surface area (Å²) in [7, 11) is 0.827. The second-order valence-electron chi connectivity index (χ2n) is 3.29. The van der Waals surface area contributed by atoms with E-state index in [4.69, 9.17) is 5.11 Å². The van der Waals surface area contributed by atoms with Crippen LogP contribution in [0.2, 0.25) is 0 Å². The zero-order valence-electron chi connectivity index (χ0n) is 8.55. The largest absolute Gasteiger partial charge is 0.480 e. The number of halogens is 3. The molecule has 1 N–H and O–H groups in total. The van der Waals surface area contributed by atoms with E-state index in [-0.39, 0.29) is 11.3 Å². The fourth-order valence-electron chi connectivity index (χ4n) is 0.946. The van der Waals surface area contributed by atoms with Crippen LogP contribution in [0, 0.1) is 0 Å². The number of amides is 1. The minimum Gasteiger partial charge on any atom is -0.480 e. The lowest BCUT2D eigenvalue weighted by Gasteiger charge is -2.34. The van der Waals surface area contributed by atoms with Gasteiger partial charge in [0.15, 0.2) is 0 Å². The van der Waals surface area contributed by atoms with Gasteiger partial charge in [-0.3, -0.25) is 4.79 Å². The van der Waals surface area contributed by atoms with Crippen molar-refractivity contribution >= 4 is 11.9 Å². The molecule has 7 heteroatoms. The van der Waals surface area contributed by atoms with Crippen LogP contribution < -0.4 is 0 Å². The van der Waals surface area contributed by atoms with E-state index in [1.807, 2.05) is 0 Å². The molecule has 1 atom stereocenters. The molecular weight excluding hydrogens is 215 g/mol. The van der Waals surface area contributed by atoms with Crippen molar-refractivity contribution in [2.24, 2.45) is 0 Å². The van der Waals surface area contributed by atoms with Gasteiger partial charge in [-0.2, -0.15) is 13.2 Å². The standard InChI is InChI=1S/C8H12F3NO3/c1-4-7(2,6(14)15)12(3)5(13)8(9,10)11/h4H2,1-3H3,(H,14,15). The summed E-state index contributed by atoms with van der Waals surface area (Å²) < 4.78 is 36.1. The van der Waals surface area contributed by atoms with Gasteiger partial charge in [0.2, 0.25) is 0 Å². The number of aliphatic carboxylic acids is 1. The van der Waals surface area contributed by atoms with Crippen molar-refractivity contribution in [3.8, 4) is 0 Å². The SMILES string of the molecule is CCC(C)(C(=O)O)N(C)C(=O)C(F)(F)F. The van der Waals surface area contributed by atoms with Crippen molar-refractivity contribution in [3.63, 3.8) is 0 Å². The van der Waals surface area contributed by atoms with Gasteiger partial charge in [-0.15, -0.1) is 0 Å². The van der Waals surface area contributed by atoms with Crippen molar-refractivity contribution in [3.05, 3.63) is 0 Å². The van der Waals surface area contributed by atoms with Gasteiger partial charge in [-0.05, 0) is 13.3 Å². The van der Waals surface area contributed by atoms with Crippen molar-refractivity contribution in [2.75, 3.05) is 7.05 Å². The van der Waals surface area contributed by atoms with E-state index in [2.05, 4.69) is 0 Å². The van der Waals surface area contributed by atoms with E-state index in [0.717, 1.165) is 14.0 Å². The van der Waals surface area contributed by atoms with Crippen molar-refractivity contribution in [2.45, 2.75) is 32.0 Å². The molecule has 0 aliphatic rings. The topological polar surface area (TPSA) is 57.6 Å². The van der Waals surface area contributed by atoms with Crippen LogP contribution in [0.5, 0.6) is 0 Å². The van der Waals surface area contributed by atoms with E-state index in [1.54, 1.807) is 0 Å². The molecule has 0 fully saturated rings. The first-order chi connectivity index (χ1) is 6.57. The first-order valence-electron chi connectivity index (χ1n) is 4.15. The molecule has 0 aromatic carbocycles. The molecule has 0 aliphatic carbocycles. The summed E-state index contributed by atoms with van der Waals surface area (Å²) in [5.74, 6) is -3.63. The summed E-state index contributed by atoms with van der Waals surface area (Å²) in [6, 6.07) is 0. The summed E-state index contributed by atoms with van der Waals surface area (Å²) in [4.78, 5) is 21.8. The Morgan fingerprint density at radius 1 is 1.33 bits per heavy atom. The molecule has 0 aromatic heterocycles. The average molecular weight is 227 g/mol. The maximum absolute atomic E-state index is 12.0. The lowest BCUT2D eigenvalue weighted by atomic mass is 9.97. The second-order valence-corrected chi connectivity index (χ2v) is 3.29. The van der Waals surface area contributed by atoms with E-state index in [1.165, 1.54) is 6.92 Å². The molecule has 0 aromatic rings. The Kier molecular flexibility index (Phi) is 3.73. The van der Waals surface area contributed by atoms with Crippen molar-refractivity contribution < 1.29 is 27.9 Å². The smallest absolute Gasteiger partial charge is 0.471 e. The Labute approximate surface area is 84.7 Å². The van der Waals surface area contributed by atoms with E-state index in [0.29, 0.717) is 0 Å². The number of carbonyl (C=O) groups is 2. The van der Waals surface area contributed by atoms with Crippen molar-refractivity contribution in [1.82, 2.24) is 4.90 Å². The Balaban J connectivity index is 5.06. The molecule has 0 rings (SSSR count). The van der Waals surface area contributed by atoms with Crippen LogP contribution in [0.3, 0.4) is 0 Å². The minimum atomic E-state index is -5.05. The van der Waals surface area contributed by atoms with Crippen LogP contribution in [0.1, 0.15) is 20.3 Å². The first kappa shape index (κ1) is 13.7. The summed E-state index contributed by atoms with van der Waals surface area (Å²) >= 11 is 0. The number of hydrogen-bond donors (Lipinski definition) is 1. The second kappa shape index (κ2) is 4.08. The van der Waals surface area contributed by atoms with Crippen LogP contribution >= 0.6 is 0 Å². The highest BCUT2D eigenvalue weighted by Gasteiger charge is 2.49. The van der Waals surface area contributed by atoms with E-state index in [9.17, 15) is 22.8 Å². The number of carbonyl (C=O) groups excluding carboxylic acids is 1. The third-order valence-corrected chi connectivity index (χ3v) is 2.44. The predicted molar refractivity (Wildman–Crippen MR) is 45.2 cm³/mol. The van der Waals surface area contributed by atoms with Gasteiger partial charge >= 0.3 is 18.1 Å². The van der Waals surface area contributed by atoms with Gasteiger partial charge < -0.3 is 10.0 Å². The van der Waals surface area contributed by atoms with Gasteiger partial charge in [0.25, 0.3) is 0 Å². The summed E-state index contributed by atoms with van der Waals surface area (Å²) in [6.07, 6.45) is -5.17. The monoisotopic (exact) mass is 227 g/mol. The van der Waals surface area contributed by atoms with E-state index >= 15 is 0 Å². The third-order valence-electron chi connectivity index (χ3n) is 2.44. The maximum Gasteiger partial charge on any atom is 0.471 e. The van der Waals surface area contributed by atoms with Crippen molar-refractivity contribution in [1.29, 1.82) is 0 Å². The fourth-order valence-corrected chi connectivity index (χ4v) is 0.946. The number of hydrogen-bond acceptors (Lipinski definition) is 2. The number of carboxylic acids is 1. The Morgan fingerprint density at radius 2 is 1.73 bits per heavy atom. The van der Waals surface area contributed by atoms with Gasteiger partial charge in [-0.1, -0.05) is 6.92 Å². The van der Waals surface area contributed by atoms with Crippen LogP contribution in [0.25, 0.3) is 0 Å². The normalized spacial score (nSPS) is 15.6. The maximum atomic E-state index is 12.0. The van der Waals surface area contributed by atoms with Crippen LogP contribution in [0.15, 0.2) is 0 Å². The molecule has 88 valence electrons. The van der Waals surface area contributed by atoms with Crippen LogP contribution in [-0.4, -0.2) is 40.6 Å². The molecule has 1 amide bonds. The quantitative estimate of drug-likeness (QED) is 0.789. The molecule has 1 unspecified atom stereocenters. The summed E-state index contributed by atoms with van der Waals surface area (Å²) in [5.41, 5.74) is -1.84. The molecule has 4 nitrogen and oxygen atoms in total. The Hall–Kier alpha value is -1.27. The third kappa shape index (κ3) is 2.60.